The first-order valence-electron chi connectivity index (χ1n) is 7.00. The highest BCUT2D eigenvalue weighted by Gasteiger charge is 2.11. The Morgan fingerprint density at radius 2 is 1.76 bits per heavy atom. The Morgan fingerprint density at radius 3 is 2.38 bits per heavy atom. The van der Waals surface area contributed by atoms with E-state index in [1.807, 2.05) is 6.07 Å². The quantitative estimate of drug-likeness (QED) is 0.725. The van der Waals surface area contributed by atoms with Gasteiger partial charge in [0.1, 0.15) is 5.82 Å². The lowest BCUT2D eigenvalue weighted by Crippen LogP contribution is -2.19. The summed E-state index contributed by atoms with van der Waals surface area (Å²) >= 11 is 12.0. The number of halogens is 3. The molecule has 0 spiro atoms. The van der Waals surface area contributed by atoms with E-state index in [1.54, 1.807) is 24.3 Å². The number of nitrogens with one attached hydrogen (secondary N) is 1. The molecule has 1 nitrogen and oxygen atoms in total. The summed E-state index contributed by atoms with van der Waals surface area (Å²) in [6, 6.07) is 10.4. The van der Waals surface area contributed by atoms with E-state index in [4.69, 9.17) is 23.2 Å². The van der Waals surface area contributed by atoms with Gasteiger partial charge in [-0.1, -0.05) is 36.2 Å². The molecular weight excluding hydrogens is 308 g/mol. The summed E-state index contributed by atoms with van der Waals surface area (Å²) in [6.45, 7) is 5.11. The molecule has 0 amide bonds. The molecule has 112 valence electrons. The standard InChI is InChI=1S/C17H18Cl2FN/c1-3-6-21-11(2)12-4-5-17(20)16(9-12)13-7-14(18)10-15(19)8-13/h4-5,7-11,21H,3,6H2,1-2H3. The van der Waals surface area contributed by atoms with Crippen molar-refractivity contribution in [3.8, 4) is 11.1 Å². The second-order valence-corrected chi connectivity index (χ2v) is 5.95. The first kappa shape index (κ1) is 16.3. The van der Waals surface area contributed by atoms with Crippen LogP contribution in [0.1, 0.15) is 31.9 Å². The van der Waals surface area contributed by atoms with Gasteiger partial charge in [0.25, 0.3) is 0 Å². The zero-order chi connectivity index (χ0) is 15.4. The van der Waals surface area contributed by atoms with Crippen LogP contribution in [0.15, 0.2) is 36.4 Å². The van der Waals surface area contributed by atoms with Crippen molar-refractivity contribution in [2.24, 2.45) is 0 Å². The fourth-order valence-electron chi connectivity index (χ4n) is 2.22. The van der Waals surface area contributed by atoms with Gasteiger partial charge in [0.05, 0.1) is 0 Å². The molecule has 0 aliphatic heterocycles. The van der Waals surface area contributed by atoms with Crippen molar-refractivity contribution >= 4 is 23.2 Å². The summed E-state index contributed by atoms with van der Waals surface area (Å²) in [5.74, 6) is -0.278. The van der Waals surface area contributed by atoms with E-state index in [0.29, 0.717) is 21.2 Å². The smallest absolute Gasteiger partial charge is 0.131 e. The summed E-state index contributed by atoms with van der Waals surface area (Å²) in [5, 5.41) is 4.39. The Kier molecular flexibility index (Phi) is 5.63. The van der Waals surface area contributed by atoms with Crippen molar-refractivity contribution in [1.82, 2.24) is 5.32 Å². The second kappa shape index (κ2) is 7.26. The van der Waals surface area contributed by atoms with Gasteiger partial charge in [0.2, 0.25) is 0 Å². The highest BCUT2D eigenvalue weighted by atomic mass is 35.5. The molecule has 2 aromatic rings. The maximum absolute atomic E-state index is 14.1. The van der Waals surface area contributed by atoms with Gasteiger partial charge in [-0.25, -0.2) is 4.39 Å². The van der Waals surface area contributed by atoms with Crippen LogP contribution in [0.3, 0.4) is 0 Å². The van der Waals surface area contributed by atoms with Crippen molar-refractivity contribution in [3.05, 3.63) is 57.8 Å². The molecule has 0 fully saturated rings. The maximum Gasteiger partial charge on any atom is 0.131 e. The summed E-state index contributed by atoms with van der Waals surface area (Å²) in [6.07, 6.45) is 1.06. The molecular formula is C17H18Cl2FN. The lowest BCUT2D eigenvalue weighted by Gasteiger charge is -2.15. The van der Waals surface area contributed by atoms with Crippen LogP contribution in [0, 0.1) is 5.82 Å². The fourth-order valence-corrected chi connectivity index (χ4v) is 2.75. The Hall–Kier alpha value is -1.09. The largest absolute Gasteiger partial charge is 0.310 e. The van der Waals surface area contributed by atoms with E-state index in [0.717, 1.165) is 18.5 Å². The van der Waals surface area contributed by atoms with Crippen LogP contribution in [0.25, 0.3) is 11.1 Å². The molecule has 0 heterocycles. The van der Waals surface area contributed by atoms with E-state index in [-0.39, 0.29) is 11.9 Å². The number of hydrogen-bond donors (Lipinski definition) is 1. The third-order valence-corrected chi connectivity index (χ3v) is 3.80. The van der Waals surface area contributed by atoms with Gasteiger partial charge in [-0.3, -0.25) is 0 Å². The van der Waals surface area contributed by atoms with Gasteiger partial charge < -0.3 is 5.32 Å². The van der Waals surface area contributed by atoms with Gasteiger partial charge in [-0.05, 0) is 61.3 Å². The zero-order valence-electron chi connectivity index (χ0n) is 12.1. The van der Waals surface area contributed by atoms with Crippen LogP contribution in [0.4, 0.5) is 4.39 Å². The first-order valence-corrected chi connectivity index (χ1v) is 7.76. The predicted octanol–water partition coefficient (Wildman–Crippen LogP) is 5.86. The molecule has 0 aliphatic rings. The van der Waals surface area contributed by atoms with E-state index in [1.165, 1.54) is 6.07 Å². The van der Waals surface area contributed by atoms with E-state index in [2.05, 4.69) is 19.2 Å². The van der Waals surface area contributed by atoms with E-state index in [9.17, 15) is 4.39 Å². The monoisotopic (exact) mass is 325 g/mol. The lowest BCUT2D eigenvalue weighted by molar-refractivity contribution is 0.568. The Morgan fingerprint density at radius 1 is 1.10 bits per heavy atom. The van der Waals surface area contributed by atoms with Gasteiger partial charge >= 0.3 is 0 Å². The molecule has 1 atom stereocenters. The minimum absolute atomic E-state index is 0.166. The molecule has 0 aromatic heterocycles. The summed E-state index contributed by atoms with van der Waals surface area (Å²) < 4.78 is 14.1. The first-order chi connectivity index (χ1) is 10.0. The zero-order valence-corrected chi connectivity index (χ0v) is 13.6. The summed E-state index contributed by atoms with van der Waals surface area (Å²) in [4.78, 5) is 0. The van der Waals surface area contributed by atoms with Crippen LogP contribution in [-0.4, -0.2) is 6.54 Å². The van der Waals surface area contributed by atoms with Gasteiger partial charge in [0.15, 0.2) is 0 Å². The molecule has 2 rings (SSSR count). The molecule has 1 N–H and O–H groups in total. The number of rotatable bonds is 5. The van der Waals surface area contributed by atoms with Crippen molar-refractivity contribution in [1.29, 1.82) is 0 Å². The van der Waals surface area contributed by atoms with Gasteiger partial charge in [0, 0.05) is 21.7 Å². The number of hydrogen-bond acceptors (Lipinski definition) is 1. The molecule has 1 unspecified atom stereocenters. The Labute approximate surface area is 135 Å². The van der Waals surface area contributed by atoms with Crippen LogP contribution in [-0.2, 0) is 0 Å². The molecule has 0 bridgehead atoms. The minimum atomic E-state index is -0.278. The Bertz CT molecular complexity index is 608. The van der Waals surface area contributed by atoms with Gasteiger partial charge in [-0.15, -0.1) is 0 Å². The highest BCUT2D eigenvalue weighted by Crippen LogP contribution is 2.30. The highest BCUT2D eigenvalue weighted by molar-refractivity contribution is 6.35. The predicted molar refractivity (Wildman–Crippen MR) is 88.6 cm³/mol. The second-order valence-electron chi connectivity index (χ2n) is 5.07. The number of benzene rings is 2. The average Bonchev–Trinajstić information content (AvgIpc) is 2.44. The van der Waals surface area contributed by atoms with Crippen molar-refractivity contribution < 1.29 is 4.39 Å². The fraction of sp³-hybridized carbons (Fsp3) is 0.294. The lowest BCUT2D eigenvalue weighted by atomic mass is 9.99. The van der Waals surface area contributed by atoms with Crippen LogP contribution in [0.2, 0.25) is 10.0 Å². The molecule has 2 aromatic carbocycles. The van der Waals surface area contributed by atoms with Crippen LogP contribution >= 0.6 is 23.2 Å². The Balaban J connectivity index is 2.39. The molecule has 0 saturated heterocycles. The molecule has 0 aliphatic carbocycles. The molecule has 0 radical (unpaired) electrons. The molecule has 21 heavy (non-hydrogen) atoms. The van der Waals surface area contributed by atoms with Crippen molar-refractivity contribution in [2.75, 3.05) is 6.54 Å². The van der Waals surface area contributed by atoms with E-state index >= 15 is 0 Å². The minimum Gasteiger partial charge on any atom is -0.310 e. The van der Waals surface area contributed by atoms with Crippen LogP contribution < -0.4 is 5.32 Å². The van der Waals surface area contributed by atoms with Crippen molar-refractivity contribution in [2.45, 2.75) is 26.3 Å². The molecule has 4 heteroatoms. The van der Waals surface area contributed by atoms with Crippen LogP contribution in [0.5, 0.6) is 0 Å². The third kappa shape index (κ3) is 4.19. The maximum atomic E-state index is 14.1. The normalized spacial score (nSPS) is 12.4. The summed E-state index contributed by atoms with van der Waals surface area (Å²) in [5.41, 5.74) is 2.24. The molecule has 0 saturated carbocycles. The topological polar surface area (TPSA) is 12.0 Å². The SMILES string of the molecule is CCCNC(C)c1ccc(F)c(-c2cc(Cl)cc(Cl)c2)c1. The third-order valence-electron chi connectivity index (χ3n) is 3.36. The van der Waals surface area contributed by atoms with Gasteiger partial charge in [-0.2, -0.15) is 0 Å². The average molecular weight is 326 g/mol. The van der Waals surface area contributed by atoms with E-state index < -0.39 is 0 Å². The summed E-state index contributed by atoms with van der Waals surface area (Å²) in [7, 11) is 0. The van der Waals surface area contributed by atoms with Crippen molar-refractivity contribution in [3.63, 3.8) is 0 Å².